The molecule has 4 rings (SSSR count). The third kappa shape index (κ3) is 3.31. The van der Waals surface area contributed by atoms with Crippen molar-refractivity contribution in [3.05, 3.63) is 82.0 Å². The first-order chi connectivity index (χ1) is 13.2. The second-order valence-corrected chi connectivity index (χ2v) is 7.13. The lowest BCUT2D eigenvalue weighted by atomic mass is 9.99. The Morgan fingerprint density at radius 3 is 2.59 bits per heavy atom. The van der Waals surface area contributed by atoms with Gasteiger partial charge in [-0.2, -0.15) is 5.10 Å². The number of methoxy groups -OCH3 is 1. The zero-order chi connectivity index (χ0) is 18.8. The number of phenols is 1. The molecule has 0 fully saturated rings. The number of carbonyl (C=O) groups is 1. The molecule has 1 aliphatic heterocycles. The number of para-hydroxylation sites is 1. The van der Waals surface area contributed by atoms with Gasteiger partial charge in [0, 0.05) is 17.5 Å². The predicted molar refractivity (Wildman–Crippen MR) is 105 cm³/mol. The van der Waals surface area contributed by atoms with Gasteiger partial charge in [0.2, 0.25) is 0 Å². The van der Waals surface area contributed by atoms with Crippen LogP contribution in [0, 0.1) is 0 Å². The van der Waals surface area contributed by atoms with Gasteiger partial charge in [-0.15, -0.1) is 11.3 Å². The Morgan fingerprint density at radius 2 is 1.93 bits per heavy atom. The molecule has 1 atom stereocenters. The molecule has 5 nitrogen and oxygen atoms in total. The maximum atomic E-state index is 13.2. The molecule has 0 spiro atoms. The summed E-state index contributed by atoms with van der Waals surface area (Å²) in [6, 6.07) is 17.7. The zero-order valence-corrected chi connectivity index (χ0v) is 15.5. The average molecular weight is 378 g/mol. The molecule has 1 N–H and O–H groups in total. The molecule has 0 radical (unpaired) electrons. The van der Waals surface area contributed by atoms with Crippen LogP contribution in [0.4, 0.5) is 0 Å². The highest BCUT2D eigenvalue weighted by Crippen LogP contribution is 2.38. The van der Waals surface area contributed by atoms with Gasteiger partial charge in [0.1, 0.15) is 11.5 Å². The van der Waals surface area contributed by atoms with Crippen LogP contribution in [0.1, 0.15) is 33.3 Å². The molecule has 0 saturated heterocycles. The summed E-state index contributed by atoms with van der Waals surface area (Å²) < 4.78 is 5.16. The minimum Gasteiger partial charge on any atom is -0.508 e. The number of thiophene rings is 1. The van der Waals surface area contributed by atoms with E-state index in [1.807, 2.05) is 29.6 Å². The predicted octanol–water partition coefficient (Wildman–Crippen LogP) is 4.45. The summed E-state index contributed by atoms with van der Waals surface area (Å²) in [5, 5.41) is 18.4. The van der Waals surface area contributed by atoms with E-state index in [1.54, 1.807) is 54.8 Å². The summed E-state index contributed by atoms with van der Waals surface area (Å²) in [6.07, 6.45) is 0.556. The van der Waals surface area contributed by atoms with Crippen molar-refractivity contribution < 1.29 is 14.6 Å². The fourth-order valence-electron chi connectivity index (χ4n) is 3.17. The van der Waals surface area contributed by atoms with Crippen molar-refractivity contribution in [1.82, 2.24) is 5.01 Å². The van der Waals surface area contributed by atoms with E-state index in [1.165, 1.54) is 5.01 Å². The number of ether oxygens (including phenoxy) is 1. The first-order valence-corrected chi connectivity index (χ1v) is 9.42. The lowest BCUT2D eigenvalue weighted by Gasteiger charge is -2.22. The standard InChI is InChI=1S/C21H18N2O3S/c1-26-15-10-8-14(9-11-15)21(25)23-18(16-5-2-3-6-19(16)24)13-17(22-23)20-7-4-12-27-20/h2-12,18,24H,13H2,1H3/t18-/m1/s1. The normalized spacial score (nSPS) is 16.3. The van der Waals surface area contributed by atoms with Crippen LogP contribution < -0.4 is 4.74 Å². The minimum atomic E-state index is -0.349. The first kappa shape index (κ1) is 17.3. The number of hydrogen-bond donors (Lipinski definition) is 1. The molecule has 1 amide bonds. The number of aromatic hydroxyl groups is 1. The van der Waals surface area contributed by atoms with Gasteiger partial charge in [0.25, 0.3) is 5.91 Å². The number of nitrogens with zero attached hydrogens (tertiary/aromatic N) is 2. The molecular formula is C21H18N2O3S. The molecular weight excluding hydrogens is 360 g/mol. The molecule has 0 saturated carbocycles. The van der Waals surface area contributed by atoms with Crippen LogP contribution in [0.2, 0.25) is 0 Å². The maximum absolute atomic E-state index is 13.2. The number of phenolic OH excluding ortho intramolecular Hbond substituents is 1. The molecule has 136 valence electrons. The summed E-state index contributed by atoms with van der Waals surface area (Å²) in [5.41, 5.74) is 2.06. The van der Waals surface area contributed by atoms with E-state index < -0.39 is 0 Å². The second-order valence-electron chi connectivity index (χ2n) is 6.18. The van der Waals surface area contributed by atoms with Gasteiger partial charge in [-0.1, -0.05) is 24.3 Å². The van der Waals surface area contributed by atoms with E-state index in [2.05, 4.69) is 5.10 Å². The van der Waals surface area contributed by atoms with Gasteiger partial charge >= 0.3 is 0 Å². The van der Waals surface area contributed by atoms with E-state index in [4.69, 9.17) is 4.74 Å². The molecule has 1 aliphatic rings. The van der Waals surface area contributed by atoms with Crippen molar-refractivity contribution in [3.63, 3.8) is 0 Å². The number of hydrazone groups is 1. The van der Waals surface area contributed by atoms with Crippen LogP contribution in [-0.2, 0) is 0 Å². The summed E-state index contributed by atoms with van der Waals surface area (Å²) in [6.45, 7) is 0. The van der Waals surface area contributed by atoms with E-state index in [0.717, 1.165) is 10.6 Å². The molecule has 0 unspecified atom stereocenters. The molecule has 27 heavy (non-hydrogen) atoms. The monoisotopic (exact) mass is 378 g/mol. The minimum absolute atomic E-state index is 0.165. The molecule has 3 aromatic rings. The molecule has 0 bridgehead atoms. The summed E-state index contributed by atoms with van der Waals surface area (Å²) in [7, 11) is 1.59. The van der Waals surface area contributed by atoms with Crippen LogP contribution in [0.5, 0.6) is 11.5 Å². The first-order valence-electron chi connectivity index (χ1n) is 8.54. The second kappa shape index (κ2) is 7.25. The lowest BCUT2D eigenvalue weighted by molar-refractivity contribution is 0.0709. The largest absolute Gasteiger partial charge is 0.508 e. The molecule has 2 heterocycles. The molecule has 0 aliphatic carbocycles. The summed E-state index contributed by atoms with van der Waals surface area (Å²) >= 11 is 1.59. The Kier molecular flexibility index (Phi) is 4.64. The molecule has 6 heteroatoms. The third-order valence-electron chi connectivity index (χ3n) is 4.56. The Hall–Kier alpha value is -3.12. The SMILES string of the molecule is COc1ccc(C(=O)N2N=C(c3cccs3)C[C@@H]2c2ccccc2O)cc1. The zero-order valence-electron chi connectivity index (χ0n) is 14.7. The highest BCUT2D eigenvalue weighted by atomic mass is 32.1. The quantitative estimate of drug-likeness (QED) is 0.729. The van der Waals surface area contributed by atoms with Gasteiger partial charge in [0.05, 0.1) is 23.7 Å². The summed E-state index contributed by atoms with van der Waals surface area (Å²) in [5.74, 6) is 0.642. The Bertz CT molecular complexity index is 981. The van der Waals surface area contributed by atoms with Gasteiger partial charge < -0.3 is 9.84 Å². The van der Waals surface area contributed by atoms with Gasteiger partial charge in [-0.25, -0.2) is 5.01 Å². The van der Waals surface area contributed by atoms with Gasteiger partial charge in [-0.3, -0.25) is 4.79 Å². The van der Waals surface area contributed by atoms with Crippen molar-refractivity contribution in [3.8, 4) is 11.5 Å². The van der Waals surface area contributed by atoms with E-state index in [0.29, 0.717) is 23.3 Å². The van der Waals surface area contributed by atoms with E-state index in [9.17, 15) is 9.90 Å². The number of hydrogen-bond acceptors (Lipinski definition) is 5. The molecule has 1 aromatic heterocycles. The van der Waals surface area contributed by atoms with Crippen molar-refractivity contribution in [2.45, 2.75) is 12.5 Å². The molecule has 2 aromatic carbocycles. The maximum Gasteiger partial charge on any atom is 0.274 e. The van der Waals surface area contributed by atoms with Gasteiger partial charge in [0.15, 0.2) is 0 Å². The van der Waals surface area contributed by atoms with Crippen LogP contribution in [0.3, 0.4) is 0 Å². The number of carbonyl (C=O) groups excluding carboxylic acids is 1. The topological polar surface area (TPSA) is 62.1 Å². The van der Waals surface area contributed by atoms with Crippen molar-refractivity contribution in [2.24, 2.45) is 5.10 Å². The number of rotatable bonds is 4. The fourth-order valence-corrected chi connectivity index (χ4v) is 3.89. The van der Waals surface area contributed by atoms with Crippen molar-refractivity contribution in [1.29, 1.82) is 0 Å². The number of amides is 1. The lowest BCUT2D eigenvalue weighted by Crippen LogP contribution is -2.27. The Morgan fingerprint density at radius 1 is 1.15 bits per heavy atom. The third-order valence-corrected chi connectivity index (χ3v) is 5.48. The Labute approximate surface area is 161 Å². The summed E-state index contributed by atoms with van der Waals surface area (Å²) in [4.78, 5) is 14.2. The van der Waals surface area contributed by atoms with Crippen LogP contribution in [0.15, 0.2) is 71.1 Å². The van der Waals surface area contributed by atoms with Gasteiger partial charge in [-0.05, 0) is 41.8 Å². The van der Waals surface area contributed by atoms with Crippen LogP contribution >= 0.6 is 11.3 Å². The highest BCUT2D eigenvalue weighted by Gasteiger charge is 2.35. The number of benzene rings is 2. The van der Waals surface area contributed by atoms with Crippen molar-refractivity contribution >= 4 is 23.0 Å². The van der Waals surface area contributed by atoms with E-state index >= 15 is 0 Å². The highest BCUT2D eigenvalue weighted by molar-refractivity contribution is 7.12. The van der Waals surface area contributed by atoms with E-state index in [-0.39, 0.29) is 17.7 Å². The average Bonchev–Trinajstić information content (AvgIpc) is 3.38. The Balaban J connectivity index is 1.72. The van der Waals surface area contributed by atoms with Crippen LogP contribution in [-0.4, -0.2) is 28.8 Å². The smallest absolute Gasteiger partial charge is 0.274 e. The van der Waals surface area contributed by atoms with Crippen LogP contribution in [0.25, 0.3) is 0 Å². The fraction of sp³-hybridized carbons (Fsp3) is 0.143. The van der Waals surface area contributed by atoms with Crippen molar-refractivity contribution in [2.75, 3.05) is 7.11 Å².